The second-order valence-corrected chi connectivity index (χ2v) is 6.63. The summed E-state index contributed by atoms with van der Waals surface area (Å²) in [6, 6.07) is 0. The molecule has 4 heterocycles. The predicted octanol–water partition coefficient (Wildman–Crippen LogP) is 0.794. The van der Waals surface area contributed by atoms with Crippen LogP contribution in [0.25, 0.3) is 0 Å². The van der Waals surface area contributed by atoms with Crippen molar-refractivity contribution in [3.05, 3.63) is 0 Å². The Balaban J connectivity index is 2.10. The molecule has 4 bridgehead atoms. The molecule has 0 radical (unpaired) electrons. The van der Waals surface area contributed by atoms with Crippen LogP contribution in [0.3, 0.4) is 0 Å². The van der Waals surface area contributed by atoms with Crippen LogP contribution in [0.15, 0.2) is 0 Å². The fourth-order valence-electron chi connectivity index (χ4n) is 4.38. The van der Waals surface area contributed by atoms with Gasteiger partial charge in [0.15, 0.2) is 5.66 Å². The first-order chi connectivity index (χ1) is 8.84. The number of hydrogen-bond acceptors (Lipinski definition) is 4. The highest BCUT2D eigenvalue weighted by atomic mass is 16.4. The quantitative estimate of drug-likeness (QED) is 0.818. The number of nitrogens with zero attached hydrogens (tertiary/aromatic N) is 2. The molecule has 0 aliphatic carbocycles. The zero-order valence-corrected chi connectivity index (χ0v) is 11.9. The van der Waals surface area contributed by atoms with Crippen LogP contribution < -0.4 is 0 Å². The monoisotopic (exact) mass is 266 g/mol. The Morgan fingerprint density at radius 2 is 1.47 bits per heavy atom. The number of carbonyl (C=O) groups is 2. The van der Waals surface area contributed by atoms with Gasteiger partial charge in [0.1, 0.15) is 5.78 Å². The molecule has 0 atom stereocenters. The summed E-state index contributed by atoms with van der Waals surface area (Å²) in [5.41, 5.74) is -1.62. The Labute approximate surface area is 113 Å². The van der Waals surface area contributed by atoms with Gasteiger partial charge in [0.25, 0.3) is 0 Å². The van der Waals surface area contributed by atoms with Crippen molar-refractivity contribution in [1.29, 1.82) is 0 Å². The molecule has 0 aromatic rings. The lowest BCUT2D eigenvalue weighted by Crippen LogP contribution is -2.84. The number of rotatable bonds is 3. The Hall–Kier alpha value is -0.940. The predicted molar refractivity (Wildman–Crippen MR) is 69.6 cm³/mol. The molecule has 4 fully saturated rings. The molecule has 0 saturated carbocycles. The number of Topliss-reactive ketones (excluding diaryl/α,β-unsaturated/α-hetero) is 1. The van der Waals surface area contributed by atoms with Crippen LogP contribution in [0.5, 0.6) is 0 Å². The van der Waals surface area contributed by atoms with Gasteiger partial charge in [-0.3, -0.25) is 14.6 Å². The number of carbonyl (C=O) groups excluding carboxylic acids is 1. The van der Waals surface area contributed by atoms with E-state index in [1.165, 1.54) is 0 Å². The van der Waals surface area contributed by atoms with Crippen molar-refractivity contribution in [1.82, 2.24) is 9.80 Å². The number of piperidine rings is 2. The van der Waals surface area contributed by atoms with Gasteiger partial charge in [0.2, 0.25) is 0 Å². The van der Waals surface area contributed by atoms with Crippen LogP contribution in [0, 0.1) is 10.8 Å². The van der Waals surface area contributed by atoms with Crippen molar-refractivity contribution in [3.8, 4) is 0 Å². The number of carboxylic acid groups (broad SMARTS) is 1. The average Bonchev–Trinajstić information content (AvgIpc) is 2.37. The van der Waals surface area contributed by atoms with E-state index < -0.39 is 11.6 Å². The minimum atomic E-state index is -0.933. The molecule has 4 aliphatic heterocycles. The topological polar surface area (TPSA) is 60.9 Å². The summed E-state index contributed by atoms with van der Waals surface area (Å²) in [6.07, 6.45) is 1.60. The summed E-state index contributed by atoms with van der Waals surface area (Å²) in [6.45, 7) is 8.29. The summed E-state index contributed by atoms with van der Waals surface area (Å²) >= 11 is 0. The van der Waals surface area contributed by atoms with Crippen LogP contribution in [0.2, 0.25) is 0 Å². The zero-order chi connectivity index (χ0) is 14.1. The first-order valence-electron chi connectivity index (χ1n) is 7.13. The molecule has 0 amide bonds. The van der Waals surface area contributed by atoms with Gasteiger partial charge in [-0.25, -0.2) is 4.79 Å². The van der Waals surface area contributed by atoms with Gasteiger partial charge in [-0.05, 0) is 19.8 Å². The van der Waals surface area contributed by atoms with Gasteiger partial charge in [-0.15, -0.1) is 0 Å². The number of carboxylic acids is 1. The summed E-state index contributed by atoms with van der Waals surface area (Å²) in [7, 11) is 0. The maximum atomic E-state index is 12.9. The van der Waals surface area contributed by atoms with Gasteiger partial charge in [-0.1, -0.05) is 13.8 Å². The van der Waals surface area contributed by atoms with Gasteiger partial charge in [-0.2, -0.15) is 0 Å². The smallest absolute Gasteiger partial charge is 0.339 e. The van der Waals surface area contributed by atoms with E-state index >= 15 is 0 Å². The first-order valence-corrected chi connectivity index (χ1v) is 7.13. The van der Waals surface area contributed by atoms with E-state index in [0.717, 1.165) is 12.8 Å². The molecular weight excluding hydrogens is 244 g/mol. The number of aliphatic carboxylic acids is 1. The van der Waals surface area contributed by atoms with Gasteiger partial charge in [0.05, 0.1) is 10.8 Å². The lowest BCUT2D eigenvalue weighted by molar-refractivity contribution is -0.236. The van der Waals surface area contributed by atoms with Crippen LogP contribution in [0.1, 0.15) is 33.6 Å². The highest BCUT2D eigenvalue weighted by Gasteiger charge is 2.69. The minimum absolute atomic E-state index is 0.346. The van der Waals surface area contributed by atoms with E-state index in [0.29, 0.717) is 32.0 Å². The van der Waals surface area contributed by atoms with E-state index in [9.17, 15) is 14.7 Å². The number of hydrogen-bond donors (Lipinski definition) is 1. The molecule has 0 unspecified atom stereocenters. The van der Waals surface area contributed by atoms with E-state index in [2.05, 4.69) is 13.8 Å². The highest BCUT2D eigenvalue weighted by molar-refractivity contribution is 5.94. The summed E-state index contributed by atoms with van der Waals surface area (Å²) in [4.78, 5) is 28.6. The van der Waals surface area contributed by atoms with Crippen LogP contribution in [0.4, 0.5) is 0 Å². The third kappa shape index (κ3) is 1.28. The van der Waals surface area contributed by atoms with Crippen LogP contribution >= 0.6 is 0 Å². The maximum absolute atomic E-state index is 12.9. The second-order valence-electron chi connectivity index (χ2n) is 6.63. The zero-order valence-electron chi connectivity index (χ0n) is 11.9. The maximum Gasteiger partial charge on any atom is 0.339 e. The highest BCUT2D eigenvalue weighted by Crippen LogP contribution is 2.54. The van der Waals surface area contributed by atoms with E-state index in [4.69, 9.17) is 0 Å². The van der Waals surface area contributed by atoms with E-state index in [1.54, 1.807) is 6.92 Å². The Bertz CT molecular complexity index is 418. The molecule has 4 rings (SSSR count). The lowest BCUT2D eigenvalue weighted by Gasteiger charge is -2.68. The molecular formula is C14H22N2O3. The van der Waals surface area contributed by atoms with Crippen molar-refractivity contribution in [2.75, 3.05) is 26.2 Å². The molecule has 0 spiro atoms. The molecule has 4 saturated heterocycles. The molecule has 0 aromatic carbocycles. The van der Waals surface area contributed by atoms with E-state index in [1.807, 2.05) is 9.80 Å². The van der Waals surface area contributed by atoms with Crippen molar-refractivity contribution < 1.29 is 14.7 Å². The number of ketones is 1. The molecule has 0 aromatic heterocycles. The van der Waals surface area contributed by atoms with Crippen molar-refractivity contribution in [2.45, 2.75) is 39.3 Å². The van der Waals surface area contributed by atoms with Crippen molar-refractivity contribution in [3.63, 3.8) is 0 Å². The summed E-state index contributed by atoms with van der Waals surface area (Å²) < 4.78 is 0. The largest absolute Gasteiger partial charge is 0.479 e. The third-order valence-electron chi connectivity index (χ3n) is 5.93. The molecule has 19 heavy (non-hydrogen) atoms. The lowest BCUT2D eigenvalue weighted by atomic mass is 9.57. The van der Waals surface area contributed by atoms with Gasteiger partial charge >= 0.3 is 5.97 Å². The Morgan fingerprint density at radius 1 is 1.11 bits per heavy atom. The Kier molecular flexibility index (Phi) is 2.46. The summed E-state index contributed by atoms with van der Waals surface area (Å²) in [5, 5.41) is 9.62. The summed E-state index contributed by atoms with van der Waals surface area (Å²) in [5.74, 6) is -0.416. The Morgan fingerprint density at radius 3 is 1.74 bits per heavy atom. The average molecular weight is 266 g/mol. The molecule has 5 nitrogen and oxygen atoms in total. The van der Waals surface area contributed by atoms with Crippen molar-refractivity contribution in [2.24, 2.45) is 10.8 Å². The van der Waals surface area contributed by atoms with Gasteiger partial charge in [0, 0.05) is 26.2 Å². The molecule has 4 aliphatic rings. The standard InChI is InChI=1S/C14H22N2O3/c1-4-13-6-15-8-14(5-2,10(13)17)9-16(7-13)12(15,3)11(18)19/h4-9H2,1-3H3,(H,18,19). The van der Waals surface area contributed by atoms with E-state index in [-0.39, 0.29) is 10.8 Å². The van der Waals surface area contributed by atoms with Crippen LogP contribution in [-0.4, -0.2) is 58.5 Å². The minimum Gasteiger partial charge on any atom is -0.479 e. The third-order valence-corrected chi connectivity index (χ3v) is 5.93. The SMILES string of the molecule is CCC12CN3CC(CC)(CN(C1)C3(C)C(=O)O)C2=O. The molecule has 106 valence electrons. The molecule has 5 heteroatoms. The van der Waals surface area contributed by atoms with Crippen molar-refractivity contribution >= 4 is 11.8 Å². The molecule has 1 N–H and O–H groups in total. The normalized spacial score (nSPS) is 51.6. The fraction of sp³-hybridized carbons (Fsp3) is 0.857. The van der Waals surface area contributed by atoms with Gasteiger partial charge < -0.3 is 5.11 Å². The first kappa shape index (κ1) is 13.1. The fourth-order valence-corrected chi connectivity index (χ4v) is 4.38. The van der Waals surface area contributed by atoms with Crippen LogP contribution in [-0.2, 0) is 9.59 Å². The second kappa shape index (κ2) is 3.58.